The Labute approximate surface area is 175 Å². The summed E-state index contributed by atoms with van der Waals surface area (Å²) in [4.78, 5) is 38.5. The van der Waals surface area contributed by atoms with Gasteiger partial charge in [-0.1, -0.05) is 13.3 Å². The first-order chi connectivity index (χ1) is 14.2. The van der Waals surface area contributed by atoms with Crippen molar-refractivity contribution >= 4 is 23.0 Å². The fourth-order valence-corrected chi connectivity index (χ4v) is 3.58. The van der Waals surface area contributed by atoms with Crippen LogP contribution in [0.2, 0.25) is 0 Å². The lowest BCUT2D eigenvalue weighted by molar-refractivity contribution is -0.139. The van der Waals surface area contributed by atoms with E-state index in [1.165, 1.54) is 11.0 Å². The summed E-state index contributed by atoms with van der Waals surface area (Å²) in [5.41, 5.74) is 0.241. The number of nitrogens with zero attached hydrogens (tertiary/aromatic N) is 1. The summed E-state index contributed by atoms with van der Waals surface area (Å²) in [6, 6.07) is 5.85. The zero-order valence-electron chi connectivity index (χ0n) is 18.0. The average Bonchev–Trinajstić information content (AvgIpc) is 3.14. The first kappa shape index (κ1) is 21.9. The second kappa shape index (κ2) is 8.90. The predicted octanol–water partition coefficient (Wildman–Crippen LogP) is 4.44. The molecular formula is C23H29NO6. The maximum atomic E-state index is 12.7. The molecule has 1 fully saturated rings. The van der Waals surface area contributed by atoms with Gasteiger partial charge in [-0.05, 0) is 64.2 Å². The third-order valence-corrected chi connectivity index (χ3v) is 4.97. The van der Waals surface area contributed by atoms with Crippen molar-refractivity contribution in [3.63, 3.8) is 0 Å². The lowest BCUT2D eigenvalue weighted by Gasteiger charge is -2.27. The Morgan fingerprint density at radius 1 is 1.23 bits per heavy atom. The van der Waals surface area contributed by atoms with Crippen molar-refractivity contribution in [1.82, 2.24) is 4.90 Å². The summed E-state index contributed by atoms with van der Waals surface area (Å²) in [5.74, 6) is -0.249. The van der Waals surface area contributed by atoms with Gasteiger partial charge in [-0.15, -0.1) is 0 Å². The lowest BCUT2D eigenvalue weighted by Crippen LogP contribution is -2.44. The van der Waals surface area contributed by atoms with E-state index in [4.69, 9.17) is 13.9 Å². The summed E-state index contributed by atoms with van der Waals surface area (Å²) in [7, 11) is 0. The predicted molar refractivity (Wildman–Crippen MR) is 113 cm³/mol. The van der Waals surface area contributed by atoms with Gasteiger partial charge in [0.15, 0.2) is 0 Å². The third-order valence-electron chi connectivity index (χ3n) is 4.97. The first-order valence-electron chi connectivity index (χ1n) is 10.5. The van der Waals surface area contributed by atoms with Crippen LogP contribution < -0.4 is 10.4 Å². The highest BCUT2D eigenvalue weighted by molar-refractivity contribution is 5.86. The van der Waals surface area contributed by atoms with Gasteiger partial charge in [-0.3, -0.25) is 4.90 Å². The van der Waals surface area contributed by atoms with Crippen molar-refractivity contribution < 1.29 is 23.5 Å². The topological polar surface area (TPSA) is 86.0 Å². The van der Waals surface area contributed by atoms with Crippen LogP contribution in [0.1, 0.15) is 58.9 Å². The molecule has 1 aromatic carbocycles. The van der Waals surface area contributed by atoms with Crippen LogP contribution in [0, 0.1) is 0 Å². The van der Waals surface area contributed by atoms with Gasteiger partial charge in [0.25, 0.3) is 0 Å². The molecule has 0 saturated carbocycles. The summed E-state index contributed by atoms with van der Waals surface area (Å²) in [5, 5.41) is 0.832. The number of amides is 1. The van der Waals surface area contributed by atoms with Crippen molar-refractivity contribution in [3.8, 4) is 5.75 Å². The number of hydrogen-bond donors (Lipinski definition) is 0. The normalized spacial score (nSPS) is 16.7. The van der Waals surface area contributed by atoms with Crippen molar-refractivity contribution in [2.24, 2.45) is 0 Å². The number of aryl methyl sites for hydroxylation is 1. The fourth-order valence-electron chi connectivity index (χ4n) is 3.58. The molecule has 0 bridgehead atoms. The molecule has 0 radical (unpaired) electrons. The number of esters is 1. The average molecular weight is 415 g/mol. The summed E-state index contributed by atoms with van der Waals surface area (Å²) < 4.78 is 16.2. The van der Waals surface area contributed by atoms with Crippen LogP contribution >= 0.6 is 0 Å². The number of benzene rings is 1. The van der Waals surface area contributed by atoms with E-state index in [2.05, 4.69) is 6.92 Å². The quantitative estimate of drug-likeness (QED) is 0.408. The number of ether oxygens (including phenoxy) is 2. The van der Waals surface area contributed by atoms with Crippen LogP contribution in [0.5, 0.6) is 5.75 Å². The number of hydrogen-bond acceptors (Lipinski definition) is 6. The van der Waals surface area contributed by atoms with E-state index >= 15 is 0 Å². The van der Waals surface area contributed by atoms with Gasteiger partial charge in [0.2, 0.25) is 0 Å². The Bertz CT molecular complexity index is 987. The second-order valence-electron chi connectivity index (χ2n) is 8.61. The Kier molecular flexibility index (Phi) is 6.48. The van der Waals surface area contributed by atoms with Crippen LogP contribution in [0.25, 0.3) is 11.0 Å². The molecule has 1 amide bonds. The highest BCUT2D eigenvalue weighted by Gasteiger charge is 2.37. The van der Waals surface area contributed by atoms with Gasteiger partial charge in [-0.2, -0.15) is 0 Å². The fraction of sp³-hybridized carbons (Fsp3) is 0.522. The van der Waals surface area contributed by atoms with Gasteiger partial charge < -0.3 is 13.9 Å². The maximum absolute atomic E-state index is 12.7. The van der Waals surface area contributed by atoms with Crippen LogP contribution in [-0.2, 0) is 16.0 Å². The van der Waals surface area contributed by atoms with Gasteiger partial charge in [-0.25, -0.2) is 14.4 Å². The van der Waals surface area contributed by atoms with E-state index in [9.17, 15) is 14.4 Å². The molecule has 1 aliphatic rings. The van der Waals surface area contributed by atoms with Gasteiger partial charge in [0.05, 0.1) is 0 Å². The highest BCUT2D eigenvalue weighted by Crippen LogP contribution is 2.26. The minimum absolute atomic E-state index is 0.277. The Balaban J connectivity index is 1.77. The Hall–Kier alpha value is -2.83. The molecule has 0 unspecified atom stereocenters. The zero-order valence-corrected chi connectivity index (χ0v) is 18.0. The molecule has 1 aromatic heterocycles. The van der Waals surface area contributed by atoms with Gasteiger partial charge >= 0.3 is 17.7 Å². The molecular weight excluding hydrogens is 386 g/mol. The van der Waals surface area contributed by atoms with Gasteiger partial charge in [0.1, 0.15) is 23.0 Å². The lowest BCUT2D eigenvalue weighted by atomic mass is 10.0. The molecule has 7 heteroatoms. The van der Waals surface area contributed by atoms with Crippen LogP contribution in [0.15, 0.2) is 33.5 Å². The molecule has 1 aliphatic heterocycles. The summed E-state index contributed by atoms with van der Waals surface area (Å²) in [6.07, 6.45) is 3.47. The SMILES string of the molecule is CCCCc1cc(=O)oc2cc(OC(=O)[C@@H]3CCCN3C(=O)OC(C)(C)C)ccc12. The monoisotopic (exact) mass is 415 g/mol. The molecule has 1 saturated heterocycles. The molecule has 162 valence electrons. The van der Waals surface area contributed by atoms with Crippen LogP contribution in [-0.4, -0.2) is 35.2 Å². The molecule has 0 spiro atoms. The van der Waals surface area contributed by atoms with Crippen LogP contribution in [0.3, 0.4) is 0 Å². The molecule has 30 heavy (non-hydrogen) atoms. The number of unbranched alkanes of at least 4 members (excludes halogenated alkanes) is 1. The van der Waals surface area contributed by atoms with E-state index in [-0.39, 0.29) is 5.75 Å². The second-order valence-corrected chi connectivity index (χ2v) is 8.61. The van der Waals surface area contributed by atoms with E-state index in [0.717, 1.165) is 30.2 Å². The van der Waals surface area contributed by atoms with Crippen LogP contribution in [0.4, 0.5) is 4.79 Å². The van der Waals surface area contributed by atoms with Crippen molar-refractivity contribution in [3.05, 3.63) is 40.2 Å². The van der Waals surface area contributed by atoms with E-state index in [1.54, 1.807) is 39.0 Å². The molecule has 1 atom stereocenters. The van der Waals surface area contributed by atoms with E-state index in [0.29, 0.717) is 25.0 Å². The van der Waals surface area contributed by atoms with Gasteiger partial charge in [0, 0.05) is 24.1 Å². The molecule has 2 heterocycles. The Morgan fingerprint density at radius 3 is 2.70 bits per heavy atom. The highest BCUT2D eigenvalue weighted by atomic mass is 16.6. The smallest absolute Gasteiger partial charge is 0.411 e. The number of carbonyl (C=O) groups is 2. The zero-order chi connectivity index (χ0) is 21.9. The molecule has 0 N–H and O–H groups in total. The number of carbonyl (C=O) groups excluding carboxylic acids is 2. The largest absolute Gasteiger partial charge is 0.444 e. The number of likely N-dealkylation sites (tertiary alicyclic amines) is 1. The Morgan fingerprint density at radius 2 is 2.00 bits per heavy atom. The summed E-state index contributed by atoms with van der Waals surface area (Å²) >= 11 is 0. The number of fused-ring (bicyclic) bond motifs is 1. The standard InChI is InChI=1S/C23H29NO6/c1-5-6-8-15-13-20(25)29-19-14-16(10-11-17(15)19)28-21(26)18-9-7-12-24(18)22(27)30-23(2,3)4/h10-11,13-14,18H,5-9,12H2,1-4H3/t18-/m0/s1. The summed E-state index contributed by atoms with van der Waals surface area (Å²) in [6.45, 7) is 7.89. The third kappa shape index (κ3) is 5.20. The minimum Gasteiger partial charge on any atom is -0.444 e. The van der Waals surface area contributed by atoms with Crippen molar-refractivity contribution in [1.29, 1.82) is 0 Å². The molecule has 7 nitrogen and oxygen atoms in total. The van der Waals surface area contributed by atoms with Crippen molar-refractivity contribution in [2.75, 3.05) is 6.54 Å². The maximum Gasteiger partial charge on any atom is 0.411 e. The van der Waals surface area contributed by atoms with E-state index in [1.807, 2.05) is 0 Å². The molecule has 3 rings (SSSR count). The first-order valence-corrected chi connectivity index (χ1v) is 10.5. The van der Waals surface area contributed by atoms with Crippen molar-refractivity contribution in [2.45, 2.75) is 71.4 Å². The minimum atomic E-state index is -0.696. The molecule has 2 aromatic rings. The van der Waals surface area contributed by atoms with E-state index < -0.39 is 29.3 Å². The molecule has 0 aliphatic carbocycles. The number of rotatable bonds is 5.